The van der Waals surface area contributed by atoms with Gasteiger partial charge in [-0.1, -0.05) is 0 Å². The van der Waals surface area contributed by atoms with E-state index in [4.69, 9.17) is 4.74 Å². The highest BCUT2D eigenvalue weighted by Gasteiger charge is 2.20. The molecule has 2 rings (SSSR count). The summed E-state index contributed by atoms with van der Waals surface area (Å²) in [6.07, 6.45) is 3.40. The predicted octanol–water partition coefficient (Wildman–Crippen LogP) is 2.56. The van der Waals surface area contributed by atoms with E-state index in [0.29, 0.717) is 0 Å². The number of carbonyl (C=O) groups is 1. The number of anilines is 1. The first-order valence-electron chi connectivity index (χ1n) is 7.56. The summed E-state index contributed by atoms with van der Waals surface area (Å²) in [5.74, 6) is -0.858. The van der Waals surface area contributed by atoms with Crippen LogP contribution in [-0.4, -0.2) is 42.5 Å². The summed E-state index contributed by atoms with van der Waals surface area (Å²) in [5.41, 5.74) is -0.242. The largest absolute Gasteiger partial charge is 0.494 e. The molecule has 7 nitrogen and oxygen atoms in total. The monoisotopic (exact) mass is 325 g/mol. The zero-order valence-corrected chi connectivity index (χ0v) is 13.0. The third-order valence-corrected chi connectivity index (χ3v) is 3.83. The molecule has 1 aliphatic heterocycles. The summed E-state index contributed by atoms with van der Waals surface area (Å²) in [7, 11) is 1.29. The number of benzene rings is 1. The van der Waals surface area contributed by atoms with Crippen molar-refractivity contribution in [2.24, 2.45) is 0 Å². The van der Waals surface area contributed by atoms with E-state index in [0.717, 1.165) is 38.4 Å². The molecule has 0 radical (unpaired) electrons. The second-order valence-corrected chi connectivity index (χ2v) is 5.38. The smallest absolute Gasteiger partial charge is 0.295 e. The average Bonchev–Trinajstić information content (AvgIpc) is 2.56. The number of nitro benzene ring substituents is 1. The van der Waals surface area contributed by atoms with Gasteiger partial charge in [-0.15, -0.1) is 0 Å². The quantitative estimate of drug-likeness (QED) is 0.642. The molecule has 1 aromatic carbocycles. The van der Waals surface area contributed by atoms with E-state index in [1.165, 1.54) is 13.2 Å². The Morgan fingerprint density at radius 1 is 1.39 bits per heavy atom. The molecule has 0 bridgehead atoms. The molecule has 8 heteroatoms. The molecule has 1 N–H and O–H groups in total. The Labute approximate surface area is 133 Å². The fraction of sp³-hybridized carbons (Fsp3) is 0.533. The van der Waals surface area contributed by atoms with Crippen molar-refractivity contribution in [3.8, 4) is 5.75 Å². The van der Waals surface area contributed by atoms with Crippen LogP contribution in [0.4, 0.5) is 15.8 Å². The Bertz CT molecular complexity index is 588. The molecular formula is C15H20FN3O4. The van der Waals surface area contributed by atoms with Gasteiger partial charge in [0.15, 0.2) is 11.6 Å². The van der Waals surface area contributed by atoms with Gasteiger partial charge < -0.3 is 15.0 Å². The lowest BCUT2D eigenvalue weighted by atomic mass is 10.1. The predicted molar refractivity (Wildman–Crippen MR) is 83.1 cm³/mol. The lowest BCUT2D eigenvalue weighted by molar-refractivity contribution is -0.384. The van der Waals surface area contributed by atoms with E-state index in [1.54, 1.807) is 0 Å². The number of nitro groups is 1. The van der Waals surface area contributed by atoms with Crippen LogP contribution in [0.15, 0.2) is 12.1 Å². The Morgan fingerprint density at radius 2 is 2.09 bits per heavy atom. The van der Waals surface area contributed by atoms with E-state index in [9.17, 15) is 19.3 Å². The molecule has 0 spiro atoms. The van der Waals surface area contributed by atoms with Crippen molar-refractivity contribution in [2.75, 3.05) is 32.1 Å². The Hall–Kier alpha value is -2.38. The van der Waals surface area contributed by atoms with E-state index < -0.39 is 10.7 Å². The van der Waals surface area contributed by atoms with Crippen LogP contribution in [0, 0.1) is 15.9 Å². The molecule has 0 aromatic heterocycles. The van der Waals surface area contributed by atoms with Crippen molar-refractivity contribution in [3.63, 3.8) is 0 Å². The number of likely N-dealkylation sites (tertiary alicyclic amines) is 1. The molecular weight excluding hydrogens is 305 g/mol. The Morgan fingerprint density at radius 3 is 2.70 bits per heavy atom. The lowest BCUT2D eigenvalue weighted by Crippen LogP contribution is -2.36. The van der Waals surface area contributed by atoms with Gasteiger partial charge in [-0.05, 0) is 19.3 Å². The number of halogens is 1. The van der Waals surface area contributed by atoms with Crippen LogP contribution >= 0.6 is 0 Å². The number of nitrogens with zero attached hydrogens (tertiary/aromatic N) is 2. The van der Waals surface area contributed by atoms with Crippen LogP contribution in [0.1, 0.15) is 25.7 Å². The number of amides is 1. The average molecular weight is 325 g/mol. The van der Waals surface area contributed by atoms with Crippen molar-refractivity contribution in [1.82, 2.24) is 4.90 Å². The van der Waals surface area contributed by atoms with Gasteiger partial charge in [-0.2, -0.15) is 0 Å². The van der Waals surface area contributed by atoms with Gasteiger partial charge in [-0.3, -0.25) is 14.9 Å². The number of hydrogen-bond donors (Lipinski definition) is 1. The number of rotatable bonds is 6. The molecule has 1 heterocycles. The van der Waals surface area contributed by atoms with Crippen LogP contribution in [0.3, 0.4) is 0 Å². The second kappa shape index (κ2) is 7.75. The van der Waals surface area contributed by atoms with Gasteiger partial charge in [0.1, 0.15) is 5.69 Å². The number of nitrogens with one attached hydrogen (secondary N) is 1. The van der Waals surface area contributed by atoms with Crippen LogP contribution in [0.2, 0.25) is 0 Å². The SMILES string of the molecule is COc1cc(NCCC(=O)N2CCCCC2)c([N+](=O)[O-])cc1F. The summed E-state index contributed by atoms with van der Waals surface area (Å²) in [5, 5.41) is 13.8. The molecule has 1 saturated heterocycles. The van der Waals surface area contributed by atoms with Crippen LogP contribution < -0.4 is 10.1 Å². The van der Waals surface area contributed by atoms with Gasteiger partial charge in [0, 0.05) is 32.1 Å². The maximum absolute atomic E-state index is 13.6. The summed E-state index contributed by atoms with van der Waals surface area (Å²) in [6.45, 7) is 1.78. The standard InChI is InChI=1S/C15H20FN3O4/c1-23-14-10-12(13(19(21)22)9-11(14)16)17-6-5-15(20)18-7-3-2-4-8-18/h9-10,17H,2-8H2,1H3. The van der Waals surface area contributed by atoms with Gasteiger partial charge >= 0.3 is 0 Å². The van der Waals surface area contributed by atoms with Crippen LogP contribution in [-0.2, 0) is 4.79 Å². The van der Waals surface area contributed by atoms with E-state index >= 15 is 0 Å². The van der Waals surface area contributed by atoms with Crippen molar-refractivity contribution < 1.29 is 18.8 Å². The zero-order valence-electron chi connectivity index (χ0n) is 13.0. The highest BCUT2D eigenvalue weighted by molar-refractivity contribution is 5.77. The third-order valence-electron chi connectivity index (χ3n) is 3.83. The van der Waals surface area contributed by atoms with Crippen molar-refractivity contribution in [2.45, 2.75) is 25.7 Å². The first kappa shape index (κ1) is 17.0. The molecule has 0 unspecified atom stereocenters. The van der Waals surface area contributed by atoms with Crippen molar-refractivity contribution in [1.29, 1.82) is 0 Å². The second-order valence-electron chi connectivity index (χ2n) is 5.38. The van der Waals surface area contributed by atoms with Gasteiger partial charge in [0.05, 0.1) is 18.1 Å². The highest BCUT2D eigenvalue weighted by Crippen LogP contribution is 2.31. The molecule has 126 valence electrons. The fourth-order valence-electron chi connectivity index (χ4n) is 2.60. The molecule has 0 aliphatic carbocycles. The van der Waals surface area contributed by atoms with Gasteiger partial charge in [0.2, 0.25) is 5.91 Å². The normalized spacial score (nSPS) is 14.4. The lowest BCUT2D eigenvalue weighted by Gasteiger charge is -2.26. The fourth-order valence-corrected chi connectivity index (χ4v) is 2.60. The van der Waals surface area contributed by atoms with E-state index in [2.05, 4.69) is 5.32 Å². The number of hydrogen-bond acceptors (Lipinski definition) is 5. The number of carbonyl (C=O) groups excluding carboxylic acids is 1. The molecule has 0 atom stereocenters. The van der Waals surface area contributed by atoms with Gasteiger partial charge in [-0.25, -0.2) is 4.39 Å². The highest BCUT2D eigenvalue weighted by atomic mass is 19.1. The first-order valence-corrected chi connectivity index (χ1v) is 7.56. The summed E-state index contributed by atoms with van der Waals surface area (Å²) < 4.78 is 18.4. The first-order chi connectivity index (χ1) is 11.0. The van der Waals surface area contributed by atoms with Crippen LogP contribution in [0.25, 0.3) is 0 Å². The summed E-state index contributed by atoms with van der Waals surface area (Å²) in [4.78, 5) is 24.2. The Balaban J connectivity index is 1.99. The number of methoxy groups -OCH3 is 1. The molecule has 1 aromatic rings. The topological polar surface area (TPSA) is 84.7 Å². The minimum atomic E-state index is -0.797. The minimum absolute atomic E-state index is 0.0222. The minimum Gasteiger partial charge on any atom is -0.494 e. The molecule has 23 heavy (non-hydrogen) atoms. The maximum Gasteiger partial charge on any atom is 0.295 e. The van der Waals surface area contributed by atoms with Crippen LogP contribution in [0.5, 0.6) is 5.75 Å². The Kier molecular flexibility index (Phi) is 5.72. The maximum atomic E-state index is 13.6. The molecule has 0 saturated carbocycles. The summed E-state index contributed by atoms with van der Waals surface area (Å²) >= 11 is 0. The molecule has 1 amide bonds. The number of ether oxygens (including phenoxy) is 1. The molecule has 1 aliphatic rings. The van der Waals surface area contributed by atoms with Crippen molar-refractivity contribution >= 4 is 17.3 Å². The third kappa shape index (κ3) is 4.30. The molecule has 1 fully saturated rings. The summed E-state index contributed by atoms with van der Waals surface area (Å²) in [6, 6.07) is 2.05. The van der Waals surface area contributed by atoms with Gasteiger partial charge in [0.25, 0.3) is 5.69 Å². The van der Waals surface area contributed by atoms with E-state index in [1.807, 2.05) is 4.90 Å². The zero-order chi connectivity index (χ0) is 16.8. The van der Waals surface area contributed by atoms with Crippen molar-refractivity contribution in [3.05, 3.63) is 28.1 Å². The number of piperidine rings is 1. The van der Waals surface area contributed by atoms with E-state index in [-0.39, 0.29) is 36.0 Å².